The summed E-state index contributed by atoms with van der Waals surface area (Å²) in [4.78, 5) is 22.1. The zero-order chi connectivity index (χ0) is 14.2. The first-order valence-corrected chi connectivity index (χ1v) is 7.20. The third-order valence-electron chi connectivity index (χ3n) is 2.25. The third-order valence-corrected chi connectivity index (χ3v) is 3.11. The minimum absolute atomic E-state index is 0.276. The van der Waals surface area contributed by atoms with Crippen LogP contribution in [0.5, 0.6) is 0 Å². The van der Waals surface area contributed by atoms with Crippen LogP contribution >= 0.6 is 0 Å². The second kappa shape index (κ2) is 4.59. The van der Waals surface area contributed by atoms with Crippen molar-refractivity contribution in [1.29, 1.82) is 0 Å². The summed E-state index contributed by atoms with van der Waals surface area (Å²) >= 11 is 0. The van der Waals surface area contributed by atoms with Crippen molar-refractivity contribution < 1.29 is 13.2 Å². The number of H-pyrrole nitrogens is 1. The first kappa shape index (κ1) is 13.4. The summed E-state index contributed by atoms with van der Waals surface area (Å²) in [6.45, 7) is 0. The van der Waals surface area contributed by atoms with E-state index in [1.165, 1.54) is 11.2 Å². The molecule has 19 heavy (non-hydrogen) atoms. The van der Waals surface area contributed by atoms with Gasteiger partial charge in [-0.1, -0.05) is 0 Å². The lowest BCUT2D eigenvalue weighted by Crippen LogP contribution is -2.36. The minimum atomic E-state index is -3.48. The van der Waals surface area contributed by atoms with Crippen LogP contribution < -0.4 is 5.43 Å². The highest BCUT2D eigenvalue weighted by atomic mass is 32.2. The van der Waals surface area contributed by atoms with Gasteiger partial charge in [-0.25, -0.2) is 23.4 Å². The monoisotopic (exact) mass is 283 g/mol. The van der Waals surface area contributed by atoms with E-state index in [2.05, 4.69) is 20.4 Å². The molecule has 2 N–H and O–H groups in total. The SMILES string of the molecule is CN(C)NC(=O)c1cc2cnc(S(C)(=O)=O)nc2[nH]1. The van der Waals surface area contributed by atoms with Gasteiger partial charge in [-0.15, -0.1) is 0 Å². The van der Waals surface area contributed by atoms with Crippen LogP contribution in [0, 0.1) is 0 Å². The van der Waals surface area contributed by atoms with Crippen molar-refractivity contribution in [3.05, 3.63) is 18.0 Å². The van der Waals surface area contributed by atoms with Crippen LogP contribution in [-0.2, 0) is 9.84 Å². The van der Waals surface area contributed by atoms with Gasteiger partial charge in [-0.05, 0) is 6.07 Å². The molecule has 2 rings (SSSR count). The molecule has 0 aromatic carbocycles. The average molecular weight is 283 g/mol. The van der Waals surface area contributed by atoms with Crippen molar-refractivity contribution in [1.82, 2.24) is 25.4 Å². The van der Waals surface area contributed by atoms with Crippen LogP contribution in [0.15, 0.2) is 17.4 Å². The zero-order valence-corrected chi connectivity index (χ0v) is 11.4. The lowest BCUT2D eigenvalue weighted by molar-refractivity contribution is 0.0852. The fourth-order valence-electron chi connectivity index (χ4n) is 1.46. The van der Waals surface area contributed by atoms with E-state index >= 15 is 0 Å². The number of carbonyl (C=O) groups excluding carboxylic acids is 1. The normalized spacial score (nSPS) is 12.0. The molecule has 0 saturated carbocycles. The molecule has 2 heterocycles. The summed E-state index contributed by atoms with van der Waals surface area (Å²) in [5.41, 5.74) is 3.15. The van der Waals surface area contributed by atoms with Crippen molar-refractivity contribution in [3.8, 4) is 0 Å². The van der Waals surface area contributed by atoms with Gasteiger partial charge in [0.15, 0.2) is 0 Å². The number of carbonyl (C=O) groups is 1. The largest absolute Gasteiger partial charge is 0.335 e. The molecular formula is C10H13N5O3S. The molecule has 0 atom stereocenters. The third kappa shape index (κ3) is 2.88. The van der Waals surface area contributed by atoms with E-state index in [9.17, 15) is 13.2 Å². The molecule has 0 radical (unpaired) electrons. The van der Waals surface area contributed by atoms with Crippen molar-refractivity contribution in [2.24, 2.45) is 0 Å². The fourth-order valence-corrected chi connectivity index (χ4v) is 1.97. The number of aromatic amines is 1. The summed E-state index contributed by atoms with van der Waals surface area (Å²) in [6.07, 6.45) is 2.39. The van der Waals surface area contributed by atoms with Gasteiger partial charge in [-0.2, -0.15) is 0 Å². The molecule has 102 valence electrons. The van der Waals surface area contributed by atoms with E-state index in [0.717, 1.165) is 6.26 Å². The molecule has 0 saturated heterocycles. The molecule has 8 nitrogen and oxygen atoms in total. The molecule has 2 aromatic heterocycles. The highest BCUT2D eigenvalue weighted by Crippen LogP contribution is 2.14. The Bertz CT molecular complexity index is 735. The molecule has 0 aliphatic rings. The first-order chi connectivity index (χ1) is 8.77. The van der Waals surface area contributed by atoms with Gasteiger partial charge in [0.2, 0.25) is 15.0 Å². The van der Waals surface area contributed by atoms with E-state index in [-0.39, 0.29) is 16.8 Å². The molecule has 0 spiro atoms. The first-order valence-electron chi connectivity index (χ1n) is 5.31. The number of nitrogens with one attached hydrogen (secondary N) is 2. The van der Waals surface area contributed by atoms with E-state index in [0.29, 0.717) is 11.0 Å². The van der Waals surface area contributed by atoms with Crippen molar-refractivity contribution >= 4 is 26.8 Å². The van der Waals surface area contributed by atoms with E-state index in [4.69, 9.17) is 0 Å². The quantitative estimate of drug-likeness (QED) is 0.584. The van der Waals surface area contributed by atoms with Gasteiger partial charge < -0.3 is 4.98 Å². The van der Waals surface area contributed by atoms with Crippen LogP contribution in [-0.4, -0.2) is 54.6 Å². The molecular weight excluding hydrogens is 270 g/mol. The maximum absolute atomic E-state index is 11.8. The Morgan fingerprint density at radius 2 is 2.11 bits per heavy atom. The number of amides is 1. The number of fused-ring (bicyclic) bond motifs is 1. The number of sulfone groups is 1. The van der Waals surface area contributed by atoms with Gasteiger partial charge in [0.05, 0.1) is 0 Å². The Balaban J connectivity index is 2.44. The van der Waals surface area contributed by atoms with Gasteiger partial charge >= 0.3 is 0 Å². The Hall–Kier alpha value is -2.00. The highest BCUT2D eigenvalue weighted by Gasteiger charge is 2.15. The number of hydrogen-bond donors (Lipinski definition) is 2. The number of nitrogens with zero attached hydrogens (tertiary/aromatic N) is 3. The Morgan fingerprint density at radius 3 is 2.68 bits per heavy atom. The molecule has 0 fully saturated rings. The summed E-state index contributed by atoms with van der Waals surface area (Å²) in [6, 6.07) is 1.56. The highest BCUT2D eigenvalue weighted by molar-refractivity contribution is 7.90. The van der Waals surface area contributed by atoms with Gasteiger partial charge in [-0.3, -0.25) is 10.2 Å². The predicted octanol–water partition coefficient (Wildman–Crippen LogP) is -0.432. The predicted molar refractivity (Wildman–Crippen MR) is 68.2 cm³/mol. The van der Waals surface area contributed by atoms with Crippen molar-refractivity contribution in [3.63, 3.8) is 0 Å². The number of hydrogen-bond acceptors (Lipinski definition) is 6. The molecule has 0 aliphatic heterocycles. The molecule has 0 aliphatic carbocycles. The minimum Gasteiger partial charge on any atom is -0.335 e. The lowest BCUT2D eigenvalue weighted by atomic mass is 10.3. The van der Waals surface area contributed by atoms with Crippen LogP contribution in [0.1, 0.15) is 10.5 Å². The van der Waals surface area contributed by atoms with Gasteiger partial charge in [0.25, 0.3) is 5.91 Å². The Labute approximate surface area is 109 Å². The van der Waals surface area contributed by atoms with Crippen LogP contribution in [0.2, 0.25) is 0 Å². The van der Waals surface area contributed by atoms with Crippen molar-refractivity contribution in [2.45, 2.75) is 5.16 Å². The number of rotatable bonds is 3. The average Bonchev–Trinajstić information content (AvgIpc) is 2.69. The second-order valence-electron chi connectivity index (χ2n) is 4.25. The molecule has 2 aromatic rings. The van der Waals surface area contributed by atoms with Crippen molar-refractivity contribution in [2.75, 3.05) is 20.4 Å². The van der Waals surface area contributed by atoms with E-state index in [1.807, 2.05) is 0 Å². The molecule has 9 heteroatoms. The molecule has 1 amide bonds. The zero-order valence-electron chi connectivity index (χ0n) is 10.6. The summed E-state index contributed by atoms with van der Waals surface area (Å²) < 4.78 is 22.7. The fraction of sp³-hybridized carbons (Fsp3) is 0.300. The topological polar surface area (TPSA) is 108 Å². The van der Waals surface area contributed by atoms with E-state index in [1.54, 1.807) is 20.2 Å². The van der Waals surface area contributed by atoms with Crippen LogP contribution in [0.25, 0.3) is 11.0 Å². The number of aromatic nitrogens is 3. The molecule has 0 unspecified atom stereocenters. The maximum Gasteiger partial charge on any atom is 0.282 e. The lowest BCUT2D eigenvalue weighted by Gasteiger charge is -2.09. The Kier molecular flexibility index (Phi) is 3.25. The molecule has 0 bridgehead atoms. The summed E-state index contributed by atoms with van der Waals surface area (Å²) in [5, 5.41) is 1.79. The standard InChI is InChI=1S/C10H13N5O3S/c1-15(2)14-9(16)7-4-6-5-11-10(19(3,17)18)13-8(6)12-7/h4-5H,1-3H3,(H,14,16)(H,11,12,13). The number of hydrazine groups is 1. The van der Waals surface area contributed by atoms with E-state index < -0.39 is 9.84 Å². The van der Waals surface area contributed by atoms with Gasteiger partial charge in [0, 0.05) is 31.9 Å². The Morgan fingerprint density at radius 1 is 1.42 bits per heavy atom. The summed E-state index contributed by atoms with van der Waals surface area (Å²) in [5.74, 6) is -0.344. The second-order valence-corrected chi connectivity index (χ2v) is 6.16. The smallest absolute Gasteiger partial charge is 0.282 e. The van der Waals surface area contributed by atoms with Crippen LogP contribution in [0.3, 0.4) is 0 Å². The maximum atomic E-state index is 11.8. The van der Waals surface area contributed by atoms with Gasteiger partial charge in [0.1, 0.15) is 11.3 Å². The summed E-state index contributed by atoms with van der Waals surface area (Å²) in [7, 11) is -0.110. The van der Waals surface area contributed by atoms with Crippen LogP contribution in [0.4, 0.5) is 0 Å².